The molecule has 0 aliphatic carbocycles. The molecule has 0 spiro atoms. The molecule has 1 atom stereocenters. The third-order valence-electron chi connectivity index (χ3n) is 3.66. The standard InChI is InChI=1S/C13H17IN6O/c1-8(21)5-20-4-3-9(6-20)17-11-10-12(16-7-15-11)19(2)13(14)18-10/h7,9H,3-6H2,1-2H3,(H,15,16,17). The molecule has 2 aromatic heterocycles. The zero-order valence-corrected chi connectivity index (χ0v) is 14.2. The molecule has 0 aromatic carbocycles. The Labute approximate surface area is 136 Å². The molecule has 1 aliphatic rings. The van der Waals surface area contributed by atoms with E-state index in [1.54, 1.807) is 13.3 Å². The molecule has 0 amide bonds. The van der Waals surface area contributed by atoms with Gasteiger partial charge in [-0.3, -0.25) is 9.69 Å². The van der Waals surface area contributed by atoms with Crippen LogP contribution in [0.3, 0.4) is 0 Å². The van der Waals surface area contributed by atoms with Crippen LogP contribution in [-0.4, -0.2) is 55.9 Å². The van der Waals surface area contributed by atoms with Gasteiger partial charge in [-0.2, -0.15) is 0 Å². The van der Waals surface area contributed by atoms with Gasteiger partial charge in [-0.25, -0.2) is 15.0 Å². The number of nitrogens with zero attached hydrogens (tertiary/aromatic N) is 5. The zero-order valence-electron chi connectivity index (χ0n) is 12.0. The highest BCUT2D eigenvalue weighted by atomic mass is 127. The predicted octanol–water partition coefficient (Wildman–Crippen LogP) is 1.04. The number of ketones is 1. The molecule has 1 N–H and O–H groups in total. The normalized spacial score (nSPS) is 19.3. The Balaban J connectivity index is 1.77. The number of hydrogen-bond donors (Lipinski definition) is 1. The number of anilines is 1. The van der Waals surface area contributed by atoms with Gasteiger partial charge in [0.25, 0.3) is 0 Å². The van der Waals surface area contributed by atoms with E-state index < -0.39 is 0 Å². The zero-order chi connectivity index (χ0) is 15.0. The number of fused-ring (bicyclic) bond motifs is 1. The minimum atomic E-state index is 0.208. The van der Waals surface area contributed by atoms with Crippen LogP contribution in [0.5, 0.6) is 0 Å². The molecule has 2 aromatic rings. The number of aryl methyl sites for hydroxylation is 1. The fourth-order valence-corrected chi connectivity index (χ4v) is 3.15. The maximum Gasteiger partial charge on any atom is 0.173 e. The average Bonchev–Trinajstić information content (AvgIpc) is 2.97. The fourth-order valence-electron chi connectivity index (χ4n) is 2.68. The van der Waals surface area contributed by atoms with E-state index in [-0.39, 0.29) is 5.78 Å². The molecule has 7 nitrogen and oxygen atoms in total. The largest absolute Gasteiger partial charge is 0.364 e. The first kappa shape index (κ1) is 14.6. The molecule has 3 rings (SSSR count). The molecule has 21 heavy (non-hydrogen) atoms. The molecule has 0 radical (unpaired) electrons. The van der Waals surface area contributed by atoms with Crippen molar-refractivity contribution in [3.8, 4) is 0 Å². The summed E-state index contributed by atoms with van der Waals surface area (Å²) < 4.78 is 2.83. The fraction of sp³-hybridized carbons (Fsp3) is 0.538. The van der Waals surface area contributed by atoms with Crippen LogP contribution in [0.2, 0.25) is 0 Å². The van der Waals surface area contributed by atoms with Gasteiger partial charge in [0.05, 0.1) is 6.54 Å². The quantitative estimate of drug-likeness (QED) is 0.611. The van der Waals surface area contributed by atoms with Crippen LogP contribution in [-0.2, 0) is 11.8 Å². The Bertz CT molecular complexity index is 685. The summed E-state index contributed by atoms with van der Waals surface area (Å²) in [5, 5.41) is 3.44. The molecule has 0 bridgehead atoms. The van der Waals surface area contributed by atoms with Gasteiger partial charge in [0.15, 0.2) is 20.8 Å². The maximum absolute atomic E-state index is 11.2. The Morgan fingerprint density at radius 3 is 3.10 bits per heavy atom. The van der Waals surface area contributed by atoms with Gasteiger partial charge in [-0.15, -0.1) is 0 Å². The molecule has 1 unspecified atom stereocenters. The molecule has 0 saturated carbocycles. The summed E-state index contributed by atoms with van der Waals surface area (Å²) >= 11 is 2.19. The monoisotopic (exact) mass is 400 g/mol. The number of nitrogens with one attached hydrogen (secondary N) is 1. The number of carbonyl (C=O) groups is 1. The van der Waals surface area contributed by atoms with Crippen molar-refractivity contribution < 1.29 is 4.79 Å². The van der Waals surface area contributed by atoms with Crippen LogP contribution in [0.25, 0.3) is 11.2 Å². The lowest BCUT2D eigenvalue weighted by atomic mass is 10.2. The lowest BCUT2D eigenvalue weighted by molar-refractivity contribution is -0.117. The molecule has 1 aliphatic heterocycles. The molecular weight excluding hydrogens is 383 g/mol. The number of halogens is 1. The van der Waals surface area contributed by atoms with Gasteiger partial charge in [-0.1, -0.05) is 0 Å². The van der Waals surface area contributed by atoms with E-state index in [0.29, 0.717) is 12.6 Å². The van der Waals surface area contributed by atoms with Gasteiger partial charge in [0.2, 0.25) is 0 Å². The minimum Gasteiger partial charge on any atom is -0.364 e. The maximum atomic E-state index is 11.2. The highest BCUT2D eigenvalue weighted by Crippen LogP contribution is 2.22. The summed E-state index contributed by atoms with van der Waals surface area (Å²) in [4.78, 5) is 26.5. The van der Waals surface area contributed by atoms with Gasteiger partial charge in [0.1, 0.15) is 12.1 Å². The summed E-state index contributed by atoms with van der Waals surface area (Å²) in [7, 11) is 1.94. The van der Waals surface area contributed by atoms with Gasteiger partial charge >= 0.3 is 0 Å². The van der Waals surface area contributed by atoms with Crippen LogP contribution < -0.4 is 5.32 Å². The molecule has 8 heteroatoms. The van der Waals surface area contributed by atoms with E-state index >= 15 is 0 Å². The van der Waals surface area contributed by atoms with Crippen molar-refractivity contribution in [2.75, 3.05) is 25.0 Å². The first-order valence-corrected chi connectivity index (χ1v) is 7.93. The number of imidazole rings is 1. The molecule has 3 heterocycles. The van der Waals surface area contributed by atoms with E-state index in [1.807, 2.05) is 11.6 Å². The minimum absolute atomic E-state index is 0.208. The van der Waals surface area contributed by atoms with Crippen molar-refractivity contribution in [1.29, 1.82) is 0 Å². The number of Topliss-reactive ketones (excluding diaryl/α,β-unsaturated/α-hetero) is 1. The van der Waals surface area contributed by atoms with Crippen LogP contribution >= 0.6 is 22.6 Å². The van der Waals surface area contributed by atoms with Crippen LogP contribution in [0.15, 0.2) is 6.33 Å². The lowest BCUT2D eigenvalue weighted by Gasteiger charge is -2.15. The second-order valence-electron chi connectivity index (χ2n) is 5.40. The summed E-state index contributed by atoms with van der Waals surface area (Å²) in [6.45, 7) is 3.95. The van der Waals surface area contributed by atoms with Crippen LogP contribution in [0.4, 0.5) is 5.82 Å². The number of rotatable bonds is 4. The van der Waals surface area contributed by atoms with E-state index in [4.69, 9.17) is 0 Å². The van der Waals surface area contributed by atoms with E-state index in [1.165, 1.54) is 0 Å². The Kier molecular flexibility index (Phi) is 4.07. The molecule has 1 fully saturated rings. The van der Waals surface area contributed by atoms with Gasteiger partial charge in [0, 0.05) is 48.8 Å². The third kappa shape index (κ3) is 3.00. The van der Waals surface area contributed by atoms with Crippen LogP contribution in [0.1, 0.15) is 13.3 Å². The van der Waals surface area contributed by atoms with Gasteiger partial charge in [-0.05, 0) is 13.3 Å². The lowest BCUT2D eigenvalue weighted by Crippen LogP contribution is -2.30. The molecular formula is C13H17IN6O. The Morgan fingerprint density at radius 1 is 1.52 bits per heavy atom. The summed E-state index contributed by atoms with van der Waals surface area (Å²) in [5.41, 5.74) is 1.63. The summed E-state index contributed by atoms with van der Waals surface area (Å²) in [6, 6.07) is 0.294. The second-order valence-corrected chi connectivity index (χ2v) is 6.37. The number of hydrogen-bond acceptors (Lipinski definition) is 6. The molecule has 112 valence electrons. The Morgan fingerprint density at radius 2 is 2.33 bits per heavy atom. The first-order chi connectivity index (χ1) is 10.0. The Hall–Kier alpha value is -1.29. The third-order valence-corrected chi connectivity index (χ3v) is 4.63. The second kappa shape index (κ2) is 5.84. The van der Waals surface area contributed by atoms with Crippen molar-refractivity contribution in [2.24, 2.45) is 7.05 Å². The van der Waals surface area contributed by atoms with Gasteiger partial charge < -0.3 is 9.88 Å². The van der Waals surface area contributed by atoms with Crippen molar-refractivity contribution in [3.63, 3.8) is 0 Å². The number of likely N-dealkylation sites (tertiary alicyclic amines) is 1. The van der Waals surface area contributed by atoms with Crippen molar-refractivity contribution >= 4 is 45.4 Å². The highest BCUT2D eigenvalue weighted by molar-refractivity contribution is 14.1. The van der Waals surface area contributed by atoms with Crippen molar-refractivity contribution in [1.82, 2.24) is 24.4 Å². The van der Waals surface area contributed by atoms with E-state index in [2.05, 4.69) is 47.8 Å². The van der Waals surface area contributed by atoms with Crippen molar-refractivity contribution in [3.05, 3.63) is 10.2 Å². The smallest absolute Gasteiger partial charge is 0.173 e. The van der Waals surface area contributed by atoms with Crippen molar-refractivity contribution in [2.45, 2.75) is 19.4 Å². The van der Waals surface area contributed by atoms with Crippen LogP contribution in [0, 0.1) is 3.83 Å². The average molecular weight is 400 g/mol. The number of carbonyl (C=O) groups excluding carboxylic acids is 1. The SMILES string of the molecule is CC(=O)CN1CCC(Nc2ncnc3c2nc(I)n3C)C1. The van der Waals surface area contributed by atoms with E-state index in [0.717, 1.165) is 40.3 Å². The summed E-state index contributed by atoms with van der Waals surface area (Å²) in [5.74, 6) is 0.979. The highest BCUT2D eigenvalue weighted by Gasteiger charge is 2.24. The first-order valence-electron chi connectivity index (χ1n) is 6.86. The van der Waals surface area contributed by atoms with E-state index in [9.17, 15) is 4.79 Å². The molecule has 1 saturated heterocycles. The topological polar surface area (TPSA) is 75.9 Å². The summed E-state index contributed by atoms with van der Waals surface area (Å²) in [6.07, 6.45) is 2.56. The number of aromatic nitrogens is 4. The predicted molar refractivity (Wildman–Crippen MR) is 88.2 cm³/mol.